The Bertz CT molecular complexity index is 2110. The van der Waals surface area contributed by atoms with Gasteiger partial charge in [0.2, 0.25) is 6.79 Å². The molecule has 3 aliphatic heterocycles. The molecule has 3 aliphatic rings. The van der Waals surface area contributed by atoms with E-state index >= 15 is 0 Å². The van der Waals surface area contributed by atoms with E-state index in [1.54, 1.807) is 38.3 Å². The van der Waals surface area contributed by atoms with Crippen LogP contribution in [0.1, 0.15) is 49.6 Å². The van der Waals surface area contributed by atoms with Crippen LogP contribution < -0.4 is 10.6 Å². The molecule has 302 valence electrons. The van der Waals surface area contributed by atoms with E-state index in [0.29, 0.717) is 29.4 Å². The van der Waals surface area contributed by atoms with Gasteiger partial charge in [-0.05, 0) is 43.9 Å². The maximum atomic E-state index is 14.0. The van der Waals surface area contributed by atoms with Gasteiger partial charge < -0.3 is 24.9 Å². The fourth-order valence-corrected chi connectivity index (χ4v) is 9.20. The average Bonchev–Trinajstić information content (AvgIpc) is 3.89. The molecule has 0 saturated carbocycles. The zero-order valence-electron chi connectivity index (χ0n) is 32.7. The first-order valence-electron chi connectivity index (χ1n) is 18.6. The van der Waals surface area contributed by atoms with E-state index < -0.39 is 59.0 Å². The van der Waals surface area contributed by atoms with E-state index in [-0.39, 0.29) is 17.1 Å². The van der Waals surface area contributed by atoms with Crippen LogP contribution >= 0.6 is 23.1 Å². The second-order valence-corrected chi connectivity index (χ2v) is 16.8. The quantitative estimate of drug-likeness (QED) is 0.0450. The zero-order chi connectivity index (χ0) is 41.0. The molecule has 58 heavy (non-hydrogen) atoms. The van der Waals surface area contributed by atoms with E-state index in [1.807, 2.05) is 54.6 Å². The van der Waals surface area contributed by atoms with Gasteiger partial charge in [-0.2, -0.15) is 5.06 Å². The summed E-state index contributed by atoms with van der Waals surface area (Å²) in [6.07, 6.45) is 0.136. The Labute approximate surface area is 344 Å². The van der Waals surface area contributed by atoms with Crippen molar-refractivity contribution in [3.8, 4) is 0 Å². The summed E-state index contributed by atoms with van der Waals surface area (Å²) in [6.45, 7) is 5.05. The number of nitrogens with zero attached hydrogens (tertiary/aromatic N) is 4. The van der Waals surface area contributed by atoms with E-state index in [0.717, 1.165) is 16.7 Å². The number of thiazole rings is 1. The number of rotatable bonds is 13. The first-order chi connectivity index (χ1) is 27.9. The molecule has 7 rings (SSSR count). The summed E-state index contributed by atoms with van der Waals surface area (Å²) in [6, 6.07) is 29.1. The van der Waals surface area contributed by atoms with Crippen molar-refractivity contribution >= 4 is 57.7 Å². The van der Waals surface area contributed by atoms with Crippen molar-refractivity contribution in [1.82, 2.24) is 20.3 Å². The maximum absolute atomic E-state index is 14.0. The van der Waals surface area contributed by atoms with Crippen LogP contribution in [0, 0.1) is 5.41 Å². The normalized spacial score (nSPS) is 19.9. The largest absolute Gasteiger partial charge is 0.427 e. The van der Waals surface area contributed by atoms with Crippen molar-refractivity contribution in [3.05, 3.63) is 130 Å². The van der Waals surface area contributed by atoms with Gasteiger partial charge in [-0.1, -0.05) is 96.2 Å². The first kappa shape index (κ1) is 40.6. The van der Waals surface area contributed by atoms with E-state index in [4.69, 9.17) is 24.1 Å². The molecule has 2 fully saturated rings. The molecule has 0 aliphatic carbocycles. The molecule has 2 saturated heterocycles. The average molecular weight is 825 g/mol. The van der Waals surface area contributed by atoms with Crippen LogP contribution in [-0.2, 0) is 43.9 Å². The lowest BCUT2D eigenvalue weighted by Crippen LogP contribution is -2.71. The second kappa shape index (κ2) is 17.1. The Morgan fingerprint density at radius 3 is 2.07 bits per heavy atom. The summed E-state index contributed by atoms with van der Waals surface area (Å²) >= 11 is 2.68. The van der Waals surface area contributed by atoms with Crippen LogP contribution in [0.3, 0.4) is 0 Å². The topological polar surface area (TPSA) is 161 Å². The molecule has 2 amide bonds. The van der Waals surface area contributed by atoms with Crippen molar-refractivity contribution in [2.24, 2.45) is 10.6 Å². The number of aromatic nitrogens is 1. The molecular weight excluding hydrogens is 781 g/mol. The van der Waals surface area contributed by atoms with Gasteiger partial charge in [0.1, 0.15) is 41.6 Å². The summed E-state index contributed by atoms with van der Waals surface area (Å²) in [7, 11) is 3.11. The smallest absolute Gasteiger partial charge is 0.358 e. The molecule has 1 aromatic heterocycles. The Morgan fingerprint density at radius 1 is 0.931 bits per heavy atom. The Morgan fingerprint density at radius 2 is 1.53 bits per heavy atom. The van der Waals surface area contributed by atoms with Crippen LogP contribution in [0.2, 0.25) is 0 Å². The lowest BCUT2D eigenvalue weighted by molar-refractivity contribution is -0.173. The highest BCUT2D eigenvalue weighted by atomic mass is 32.2. The number of amides is 2. The minimum absolute atomic E-state index is 0.0195. The molecule has 3 aromatic carbocycles. The number of esters is 2. The van der Waals surface area contributed by atoms with Gasteiger partial charge in [-0.3, -0.25) is 24.1 Å². The molecule has 3 atom stereocenters. The molecule has 0 unspecified atom stereocenters. The molecule has 0 spiro atoms. The molecule has 16 heteroatoms. The summed E-state index contributed by atoms with van der Waals surface area (Å²) < 4.78 is 10.6. The molecule has 0 bridgehead atoms. The number of oxime groups is 1. The minimum Gasteiger partial charge on any atom is -0.427 e. The summed E-state index contributed by atoms with van der Waals surface area (Å²) in [5.74, 6) is -2.26. The molecule has 4 aromatic rings. The number of β-lactam (4-membered cyclic amide) rings is 1. The van der Waals surface area contributed by atoms with Gasteiger partial charge in [0.25, 0.3) is 11.8 Å². The standard InChI is InChI=1S/C42H44N6O8S2/c1-41(2,3)39(52)55-25-54-38(51)34-29(31-21-22-47(4)56-31)23-57-37-33(36(50)48(34)37)44-35(49)32(46-53-5)30-24-58-40(43-30)45-42(26-15-9-6-10-16-26,27-17-11-7-12-18-27)28-19-13-8-14-20-28/h6-20,24,31,33,37H,21-23,25H2,1-5H3,(H,43,45)(H,44,49)/b46-32-/t31-,33-,37-/m1/s1. The molecule has 2 N–H and O–H groups in total. The van der Waals surface area contributed by atoms with Gasteiger partial charge in [-0.15, -0.1) is 23.1 Å². The number of benzene rings is 3. The van der Waals surface area contributed by atoms with Crippen LogP contribution in [0.5, 0.6) is 0 Å². The van der Waals surface area contributed by atoms with Crippen LogP contribution in [-0.4, -0.2) is 95.2 Å². The lowest BCUT2D eigenvalue weighted by atomic mass is 9.77. The summed E-state index contributed by atoms with van der Waals surface area (Å²) in [4.78, 5) is 71.0. The fraction of sp³-hybridized carbons (Fsp3) is 0.333. The highest BCUT2D eigenvalue weighted by Crippen LogP contribution is 2.44. The van der Waals surface area contributed by atoms with Crippen LogP contribution in [0.25, 0.3) is 0 Å². The highest BCUT2D eigenvalue weighted by molar-refractivity contribution is 8.00. The number of thioether (sulfide) groups is 1. The molecule has 14 nitrogen and oxygen atoms in total. The third-order valence-corrected chi connectivity index (χ3v) is 12.0. The van der Waals surface area contributed by atoms with E-state index in [1.165, 1.54) is 35.1 Å². The number of nitrogens with one attached hydrogen (secondary N) is 2. The number of hydrogen-bond donors (Lipinski definition) is 2. The summed E-state index contributed by atoms with van der Waals surface area (Å²) in [5.41, 5.74) is 1.96. The first-order valence-corrected chi connectivity index (χ1v) is 20.6. The lowest BCUT2D eigenvalue weighted by Gasteiger charge is -2.50. The molecule has 4 heterocycles. The number of anilines is 1. The van der Waals surface area contributed by atoms with Crippen LogP contribution in [0.4, 0.5) is 5.13 Å². The van der Waals surface area contributed by atoms with Crippen LogP contribution in [0.15, 0.2) is 113 Å². The predicted molar refractivity (Wildman–Crippen MR) is 219 cm³/mol. The van der Waals surface area contributed by atoms with E-state index in [2.05, 4.69) is 52.2 Å². The minimum atomic E-state index is -1.01. The summed E-state index contributed by atoms with van der Waals surface area (Å²) in [5, 5.41) is 13.8. The Hall–Kier alpha value is -5.55. The van der Waals surface area contributed by atoms with Gasteiger partial charge >= 0.3 is 11.9 Å². The predicted octanol–water partition coefficient (Wildman–Crippen LogP) is 5.28. The van der Waals surface area contributed by atoms with Crippen molar-refractivity contribution in [3.63, 3.8) is 0 Å². The van der Waals surface area contributed by atoms with Crippen molar-refractivity contribution in [2.45, 2.75) is 50.3 Å². The number of carbonyl (C=O) groups excluding carboxylic acids is 4. The monoisotopic (exact) mass is 824 g/mol. The van der Waals surface area contributed by atoms with E-state index in [9.17, 15) is 19.2 Å². The number of fused-ring (bicyclic) bond motifs is 1. The number of hydroxylamine groups is 2. The molecule has 0 radical (unpaired) electrons. The number of hydrogen-bond acceptors (Lipinski definition) is 14. The van der Waals surface area contributed by atoms with Gasteiger partial charge in [0.05, 0.1) is 5.41 Å². The van der Waals surface area contributed by atoms with Gasteiger partial charge in [0, 0.05) is 30.3 Å². The third-order valence-electron chi connectivity index (χ3n) is 9.93. The van der Waals surface area contributed by atoms with Crippen molar-refractivity contribution < 1.29 is 38.3 Å². The number of ether oxygens (including phenoxy) is 2. The third kappa shape index (κ3) is 8.09. The molecular formula is C42H44N6O8S2. The fourth-order valence-electron chi connectivity index (χ4n) is 7.05. The number of carbonyl (C=O) groups is 4. The Kier molecular flexibility index (Phi) is 12.0. The maximum Gasteiger partial charge on any atom is 0.358 e. The zero-order valence-corrected chi connectivity index (χ0v) is 34.3. The van der Waals surface area contributed by atoms with Gasteiger partial charge in [0.15, 0.2) is 10.8 Å². The van der Waals surface area contributed by atoms with Crippen molar-refractivity contribution in [1.29, 1.82) is 0 Å². The Balaban J connectivity index is 1.12. The highest BCUT2D eigenvalue weighted by Gasteiger charge is 2.56. The second-order valence-electron chi connectivity index (χ2n) is 14.8. The SMILES string of the molecule is CO/N=C(\C(=O)N[C@@H]1C(=O)N2C(C(=O)OCOC(=O)C(C)(C)C)=C([C@H]3CCN(C)O3)CS[C@H]12)c1csc(NC(c2ccccc2)(c2ccccc2)c2ccccc2)n1. The van der Waals surface area contributed by atoms with Crippen molar-refractivity contribution in [2.75, 3.05) is 38.6 Å². The van der Waals surface area contributed by atoms with Gasteiger partial charge in [-0.25, -0.2) is 9.78 Å².